The van der Waals surface area contributed by atoms with Crippen LogP contribution in [0.4, 0.5) is 0 Å². The monoisotopic (exact) mass is 339 g/mol. The summed E-state index contributed by atoms with van der Waals surface area (Å²) in [6, 6.07) is 8.85. The lowest BCUT2D eigenvalue weighted by Crippen LogP contribution is -2.32. The Morgan fingerprint density at radius 1 is 1.12 bits per heavy atom. The predicted octanol–water partition coefficient (Wildman–Crippen LogP) is 1.63. The van der Waals surface area contributed by atoms with Crippen molar-refractivity contribution in [2.45, 2.75) is 20.0 Å². The fourth-order valence-electron chi connectivity index (χ4n) is 2.55. The molecule has 0 saturated carbocycles. The highest BCUT2D eigenvalue weighted by Gasteiger charge is 2.10. The SMILES string of the molecule is CCc1cc2c(=O)n(Cn3nnc4ccccc4c3=O)cnc2s1. The van der Waals surface area contributed by atoms with Gasteiger partial charge in [-0.25, -0.2) is 4.98 Å². The Labute approximate surface area is 139 Å². The maximum Gasteiger partial charge on any atom is 0.279 e. The Bertz CT molecular complexity index is 1170. The van der Waals surface area contributed by atoms with Crippen molar-refractivity contribution in [3.05, 3.63) is 62.2 Å². The molecule has 0 unspecified atom stereocenters. The van der Waals surface area contributed by atoms with Gasteiger partial charge in [-0.3, -0.25) is 14.2 Å². The summed E-state index contributed by atoms with van der Waals surface area (Å²) < 4.78 is 2.55. The van der Waals surface area contributed by atoms with E-state index in [0.717, 1.165) is 11.3 Å². The molecule has 0 amide bonds. The molecule has 0 radical (unpaired) electrons. The van der Waals surface area contributed by atoms with Gasteiger partial charge in [0.1, 0.15) is 23.3 Å². The molecule has 7 nitrogen and oxygen atoms in total. The molecule has 0 aliphatic rings. The maximum atomic E-state index is 12.6. The van der Waals surface area contributed by atoms with E-state index >= 15 is 0 Å². The van der Waals surface area contributed by atoms with Gasteiger partial charge in [0.05, 0.1) is 10.8 Å². The van der Waals surface area contributed by atoms with Crippen LogP contribution in [-0.2, 0) is 13.1 Å². The molecule has 8 heteroatoms. The Balaban J connectivity index is 1.82. The minimum Gasteiger partial charge on any atom is -0.278 e. The van der Waals surface area contributed by atoms with E-state index in [1.807, 2.05) is 13.0 Å². The normalized spacial score (nSPS) is 11.4. The maximum absolute atomic E-state index is 12.6. The van der Waals surface area contributed by atoms with Crippen LogP contribution in [0.2, 0.25) is 0 Å². The molecule has 120 valence electrons. The van der Waals surface area contributed by atoms with Crippen LogP contribution in [0, 0.1) is 0 Å². The number of fused-ring (bicyclic) bond motifs is 2. The van der Waals surface area contributed by atoms with Crippen molar-refractivity contribution >= 4 is 32.5 Å². The van der Waals surface area contributed by atoms with Crippen LogP contribution in [0.5, 0.6) is 0 Å². The van der Waals surface area contributed by atoms with Crippen LogP contribution in [0.25, 0.3) is 21.1 Å². The van der Waals surface area contributed by atoms with Crippen molar-refractivity contribution in [2.75, 3.05) is 0 Å². The van der Waals surface area contributed by atoms with E-state index in [9.17, 15) is 9.59 Å². The summed E-state index contributed by atoms with van der Waals surface area (Å²) in [6.07, 6.45) is 2.31. The molecular weight excluding hydrogens is 326 g/mol. The summed E-state index contributed by atoms with van der Waals surface area (Å²) in [7, 11) is 0. The third-order valence-electron chi connectivity index (χ3n) is 3.83. The summed E-state index contributed by atoms with van der Waals surface area (Å²) in [5, 5.41) is 8.98. The Morgan fingerprint density at radius 3 is 2.79 bits per heavy atom. The summed E-state index contributed by atoms with van der Waals surface area (Å²) in [5.41, 5.74) is 0.0649. The fourth-order valence-corrected chi connectivity index (χ4v) is 3.47. The van der Waals surface area contributed by atoms with Gasteiger partial charge in [0.25, 0.3) is 11.1 Å². The van der Waals surface area contributed by atoms with Gasteiger partial charge in [0.15, 0.2) is 0 Å². The zero-order valence-corrected chi connectivity index (χ0v) is 13.7. The molecule has 0 aliphatic heterocycles. The van der Waals surface area contributed by atoms with E-state index in [2.05, 4.69) is 15.3 Å². The first kappa shape index (κ1) is 14.7. The third-order valence-corrected chi connectivity index (χ3v) is 5.02. The summed E-state index contributed by atoms with van der Waals surface area (Å²) in [6.45, 7) is 2.02. The lowest BCUT2D eigenvalue weighted by Gasteiger charge is -2.07. The van der Waals surface area contributed by atoms with Gasteiger partial charge < -0.3 is 0 Å². The molecular formula is C16H13N5O2S. The van der Waals surface area contributed by atoms with Gasteiger partial charge in [-0.1, -0.05) is 24.3 Å². The lowest BCUT2D eigenvalue weighted by atomic mass is 10.2. The van der Waals surface area contributed by atoms with Gasteiger partial charge in [0.2, 0.25) is 0 Å². The fraction of sp³-hybridized carbons (Fsp3) is 0.188. The van der Waals surface area contributed by atoms with Crippen molar-refractivity contribution in [2.24, 2.45) is 0 Å². The highest BCUT2D eigenvalue weighted by atomic mass is 32.1. The Morgan fingerprint density at radius 2 is 1.96 bits per heavy atom. The number of rotatable bonds is 3. The van der Waals surface area contributed by atoms with Crippen molar-refractivity contribution in [3.8, 4) is 0 Å². The van der Waals surface area contributed by atoms with Crippen LogP contribution in [0.1, 0.15) is 11.8 Å². The minimum absolute atomic E-state index is 0.0181. The van der Waals surface area contributed by atoms with Crippen molar-refractivity contribution < 1.29 is 0 Å². The molecule has 1 aromatic carbocycles. The number of aromatic nitrogens is 5. The summed E-state index contributed by atoms with van der Waals surface area (Å²) in [4.78, 5) is 31.2. The molecule has 3 aromatic heterocycles. The molecule has 3 heterocycles. The second-order valence-corrected chi connectivity index (χ2v) is 6.47. The van der Waals surface area contributed by atoms with E-state index in [1.165, 1.54) is 26.9 Å². The number of hydrogen-bond acceptors (Lipinski definition) is 6. The van der Waals surface area contributed by atoms with Gasteiger partial charge in [-0.2, -0.15) is 4.68 Å². The second kappa shape index (κ2) is 5.64. The van der Waals surface area contributed by atoms with Crippen molar-refractivity contribution in [3.63, 3.8) is 0 Å². The average Bonchev–Trinajstić information content (AvgIpc) is 3.04. The minimum atomic E-state index is -0.285. The molecule has 0 aliphatic carbocycles. The predicted molar refractivity (Wildman–Crippen MR) is 92.5 cm³/mol. The summed E-state index contributed by atoms with van der Waals surface area (Å²) >= 11 is 1.51. The molecule has 4 aromatic rings. The van der Waals surface area contributed by atoms with E-state index in [1.54, 1.807) is 24.3 Å². The molecule has 4 rings (SSSR count). The molecule has 0 bridgehead atoms. The van der Waals surface area contributed by atoms with Crippen LogP contribution in [0.3, 0.4) is 0 Å². The topological polar surface area (TPSA) is 82.7 Å². The summed E-state index contributed by atoms with van der Waals surface area (Å²) in [5.74, 6) is 0. The smallest absolute Gasteiger partial charge is 0.278 e. The standard InChI is InChI=1S/C16H13N5O2S/c1-2-10-7-12-14(24-10)17-8-20(15(12)22)9-21-16(23)11-5-3-4-6-13(11)18-19-21/h3-8H,2,9H2,1H3. The van der Waals surface area contributed by atoms with Crippen molar-refractivity contribution in [1.29, 1.82) is 0 Å². The highest BCUT2D eigenvalue weighted by Crippen LogP contribution is 2.20. The van der Waals surface area contributed by atoms with Gasteiger partial charge >= 0.3 is 0 Å². The van der Waals surface area contributed by atoms with Crippen LogP contribution >= 0.6 is 11.3 Å². The molecule has 0 saturated heterocycles. The largest absolute Gasteiger partial charge is 0.279 e. The first-order chi connectivity index (χ1) is 11.7. The lowest BCUT2D eigenvalue weighted by molar-refractivity contribution is 0.487. The zero-order chi connectivity index (χ0) is 16.7. The highest BCUT2D eigenvalue weighted by molar-refractivity contribution is 7.18. The Hall–Kier alpha value is -2.87. The van der Waals surface area contributed by atoms with Gasteiger partial charge in [-0.05, 0) is 24.6 Å². The van der Waals surface area contributed by atoms with E-state index in [-0.39, 0.29) is 17.8 Å². The average molecular weight is 339 g/mol. The molecule has 0 N–H and O–H groups in total. The molecule has 0 atom stereocenters. The second-order valence-electron chi connectivity index (χ2n) is 5.36. The number of hydrogen-bond donors (Lipinski definition) is 0. The molecule has 0 fully saturated rings. The number of aryl methyl sites for hydroxylation is 1. The van der Waals surface area contributed by atoms with Gasteiger partial charge in [-0.15, -0.1) is 16.4 Å². The van der Waals surface area contributed by atoms with Crippen LogP contribution in [-0.4, -0.2) is 24.5 Å². The number of thiophene rings is 1. The first-order valence-corrected chi connectivity index (χ1v) is 8.29. The quantitative estimate of drug-likeness (QED) is 0.566. The van der Waals surface area contributed by atoms with Crippen LogP contribution < -0.4 is 11.1 Å². The van der Waals surface area contributed by atoms with E-state index < -0.39 is 0 Å². The molecule has 24 heavy (non-hydrogen) atoms. The van der Waals surface area contributed by atoms with Crippen LogP contribution in [0.15, 0.2) is 46.2 Å². The van der Waals surface area contributed by atoms with Crippen molar-refractivity contribution in [1.82, 2.24) is 24.5 Å². The van der Waals surface area contributed by atoms with E-state index in [0.29, 0.717) is 21.1 Å². The van der Waals surface area contributed by atoms with E-state index in [4.69, 9.17) is 0 Å². The number of benzene rings is 1. The Kier molecular flexibility index (Phi) is 3.46. The number of nitrogens with zero attached hydrogens (tertiary/aromatic N) is 5. The molecule has 0 spiro atoms. The van der Waals surface area contributed by atoms with Gasteiger partial charge in [0, 0.05) is 4.88 Å². The third kappa shape index (κ3) is 2.31. The zero-order valence-electron chi connectivity index (χ0n) is 12.8. The first-order valence-electron chi connectivity index (χ1n) is 7.48.